The molecule has 2 fully saturated rings. The van der Waals surface area contributed by atoms with E-state index in [2.05, 4.69) is 31.0 Å². The molecule has 0 radical (unpaired) electrons. The molecule has 178 valence electrons. The molecule has 0 spiro atoms. The van der Waals surface area contributed by atoms with E-state index in [0.717, 1.165) is 80.7 Å². The van der Waals surface area contributed by atoms with Gasteiger partial charge >= 0.3 is 6.03 Å². The van der Waals surface area contributed by atoms with Crippen LogP contribution in [0.2, 0.25) is 0 Å². The summed E-state index contributed by atoms with van der Waals surface area (Å²) in [5, 5.41) is 14.6. The highest BCUT2D eigenvalue weighted by molar-refractivity contribution is 5.89. The normalized spacial score (nSPS) is 17.6. The summed E-state index contributed by atoms with van der Waals surface area (Å²) in [5.74, 6) is 0. The van der Waals surface area contributed by atoms with E-state index in [1.54, 1.807) is 6.33 Å². The van der Waals surface area contributed by atoms with Gasteiger partial charge in [-0.25, -0.2) is 14.8 Å². The Bertz CT molecular complexity index is 1170. The van der Waals surface area contributed by atoms with Gasteiger partial charge in [0.2, 0.25) is 0 Å². The molecular weight excluding hydrogens is 430 g/mol. The van der Waals surface area contributed by atoms with Gasteiger partial charge in [-0.15, -0.1) is 0 Å². The number of nitriles is 1. The number of hydrogen-bond donors (Lipinski definition) is 1. The maximum Gasteiger partial charge on any atom is 0.320 e. The van der Waals surface area contributed by atoms with Crippen molar-refractivity contribution in [1.82, 2.24) is 39.4 Å². The number of nitrogens with one attached hydrogen (secondary N) is 1. The SMILES string of the molecule is CN(C(=O)N1CCN([C@@H](CCCC#N)Cn2cc(-c3ncnc4[nH]ccc34)cn2)CC1)C1CC1. The second-order valence-corrected chi connectivity index (χ2v) is 9.27. The van der Waals surface area contributed by atoms with Gasteiger partial charge in [-0.05, 0) is 31.7 Å². The average molecular weight is 462 g/mol. The zero-order valence-electron chi connectivity index (χ0n) is 19.6. The molecule has 2 aliphatic rings. The van der Waals surface area contributed by atoms with Crippen LogP contribution in [-0.4, -0.2) is 90.8 Å². The molecule has 3 aromatic rings. The quantitative estimate of drug-likeness (QED) is 0.517. The predicted molar refractivity (Wildman–Crippen MR) is 128 cm³/mol. The van der Waals surface area contributed by atoms with E-state index in [1.807, 2.05) is 46.2 Å². The molecule has 4 heterocycles. The fourth-order valence-corrected chi connectivity index (χ4v) is 4.83. The van der Waals surface area contributed by atoms with Gasteiger partial charge in [-0.3, -0.25) is 9.58 Å². The Morgan fingerprint density at radius 1 is 1.29 bits per heavy atom. The molecule has 1 atom stereocenters. The van der Waals surface area contributed by atoms with Crippen LogP contribution in [-0.2, 0) is 6.54 Å². The number of piperazine rings is 1. The highest BCUT2D eigenvalue weighted by atomic mass is 16.2. The van der Waals surface area contributed by atoms with Crippen LogP contribution in [0, 0.1) is 11.3 Å². The van der Waals surface area contributed by atoms with E-state index >= 15 is 0 Å². The van der Waals surface area contributed by atoms with E-state index in [0.29, 0.717) is 12.5 Å². The molecule has 1 N–H and O–H groups in total. The lowest BCUT2D eigenvalue weighted by Gasteiger charge is -2.40. The molecule has 0 unspecified atom stereocenters. The Hall–Kier alpha value is -3.45. The fourth-order valence-electron chi connectivity index (χ4n) is 4.83. The molecule has 5 rings (SSSR count). The minimum absolute atomic E-state index is 0.154. The lowest BCUT2D eigenvalue weighted by Crippen LogP contribution is -2.55. The average Bonchev–Trinajstić information content (AvgIpc) is 3.42. The third kappa shape index (κ3) is 4.75. The number of amides is 2. The zero-order chi connectivity index (χ0) is 23.5. The molecular formula is C24H31N9O. The number of aromatic amines is 1. The Balaban J connectivity index is 1.25. The molecule has 1 saturated carbocycles. The molecule has 0 aromatic carbocycles. The number of hydrogen-bond acceptors (Lipinski definition) is 6. The minimum atomic E-state index is 0.154. The van der Waals surface area contributed by atoms with Crippen LogP contribution in [0.15, 0.2) is 31.0 Å². The molecule has 1 aliphatic carbocycles. The number of carbonyl (C=O) groups is 1. The maximum atomic E-state index is 12.7. The molecule has 10 nitrogen and oxygen atoms in total. The number of fused-ring (bicyclic) bond motifs is 1. The minimum Gasteiger partial charge on any atom is -0.346 e. The molecule has 3 aromatic heterocycles. The van der Waals surface area contributed by atoms with Crippen molar-refractivity contribution in [3.63, 3.8) is 0 Å². The van der Waals surface area contributed by atoms with Crippen molar-refractivity contribution in [3.05, 3.63) is 31.0 Å². The van der Waals surface area contributed by atoms with Gasteiger partial charge in [-0.2, -0.15) is 10.4 Å². The van der Waals surface area contributed by atoms with Crippen molar-refractivity contribution in [2.45, 2.75) is 50.7 Å². The topological polar surface area (TPSA) is 110 Å². The van der Waals surface area contributed by atoms with Crippen LogP contribution in [0.1, 0.15) is 32.1 Å². The van der Waals surface area contributed by atoms with E-state index < -0.39 is 0 Å². The van der Waals surface area contributed by atoms with Gasteiger partial charge in [0.25, 0.3) is 0 Å². The number of carbonyl (C=O) groups excluding carboxylic acids is 1. The summed E-state index contributed by atoms with van der Waals surface area (Å²) < 4.78 is 1.98. The van der Waals surface area contributed by atoms with Gasteiger partial charge in [0.1, 0.15) is 12.0 Å². The summed E-state index contributed by atoms with van der Waals surface area (Å²) in [4.78, 5) is 30.9. The van der Waals surface area contributed by atoms with Crippen LogP contribution < -0.4 is 0 Å². The van der Waals surface area contributed by atoms with E-state index in [9.17, 15) is 4.79 Å². The Kier molecular flexibility index (Phi) is 6.45. The first-order valence-electron chi connectivity index (χ1n) is 12.1. The molecule has 1 saturated heterocycles. The van der Waals surface area contributed by atoms with Crippen molar-refractivity contribution >= 4 is 17.1 Å². The molecule has 10 heteroatoms. The third-order valence-corrected chi connectivity index (χ3v) is 6.98. The summed E-state index contributed by atoms with van der Waals surface area (Å²) >= 11 is 0. The van der Waals surface area contributed by atoms with Crippen LogP contribution in [0.5, 0.6) is 0 Å². The molecule has 34 heavy (non-hydrogen) atoms. The maximum absolute atomic E-state index is 12.7. The second-order valence-electron chi connectivity index (χ2n) is 9.27. The lowest BCUT2D eigenvalue weighted by atomic mass is 10.1. The van der Waals surface area contributed by atoms with Crippen molar-refractivity contribution < 1.29 is 4.79 Å². The number of aromatic nitrogens is 5. The van der Waals surface area contributed by atoms with Crippen LogP contribution in [0.3, 0.4) is 0 Å². The lowest BCUT2D eigenvalue weighted by molar-refractivity contribution is 0.0823. The van der Waals surface area contributed by atoms with Gasteiger partial charge in [0.05, 0.1) is 24.5 Å². The largest absolute Gasteiger partial charge is 0.346 e. The number of urea groups is 1. The van der Waals surface area contributed by atoms with Crippen molar-refractivity contribution in [3.8, 4) is 17.3 Å². The van der Waals surface area contributed by atoms with Crippen molar-refractivity contribution in [2.24, 2.45) is 0 Å². The highest BCUT2D eigenvalue weighted by Gasteiger charge is 2.34. The van der Waals surface area contributed by atoms with Crippen molar-refractivity contribution in [1.29, 1.82) is 5.26 Å². The number of H-pyrrole nitrogens is 1. The second kappa shape index (κ2) is 9.81. The standard InChI is InChI=1S/C24H31N9O/c1-30(19-5-6-19)24(34)32-12-10-31(11-13-32)20(4-2-3-8-25)16-33-15-18(14-29-33)22-21-7-9-26-23(21)28-17-27-22/h7,9,14-15,17,19-20H,2-6,10-13,16H2,1H3,(H,26,27,28)/t20-/m0/s1. The van der Waals surface area contributed by atoms with Gasteiger partial charge in [0.15, 0.2) is 0 Å². The number of unbranched alkanes of at least 4 members (excludes halogenated alkanes) is 1. The van der Waals surface area contributed by atoms with Crippen LogP contribution in [0.4, 0.5) is 4.79 Å². The molecule has 1 aliphatic heterocycles. The molecule has 2 amide bonds. The number of nitrogens with zero attached hydrogens (tertiary/aromatic N) is 8. The first kappa shape index (κ1) is 22.3. The highest BCUT2D eigenvalue weighted by Crippen LogP contribution is 2.27. The Labute approximate surface area is 199 Å². The monoisotopic (exact) mass is 461 g/mol. The van der Waals surface area contributed by atoms with Gasteiger partial charge in [-0.1, -0.05) is 0 Å². The van der Waals surface area contributed by atoms with Crippen LogP contribution in [0.25, 0.3) is 22.3 Å². The zero-order valence-corrected chi connectivity index (χ0v) is 19.6. The van der Waals surface area contributed by atoms with Crippen molar-refractivity contribution in [2.75, 3.05) is 33.2 Å². The predicted octanol–water partition coefficient (Wildman–Crippen LogP) is 2.72. The first-order valence-corrected chi connectivity index (χ1v) is 12.1. The van der Waals surface area contributed by atoms with E-state index in [1.165, 1.54) is 0 Å². The fraction of sp³-hybridized carbons (Fsp3) is 0.542. The first-order chi connectivity index (χ1) is 16.6. The summed E-state index contributed by atoms with van der Waals surface area (Å²) in [5.41, 5.74) is 2.64. The van der Waals surface area contributed by atoms with Gasteiger partial charge < -0.3 is 14.8 Å². The Morgan fingerprint density at radius 3 is 2.88 bits per heavy atom. The van der Waals surface area contributed by atoms with E-state index in [-0.39, 0.29) is 12.1 Å². The van der Waals surface area contributed by atoms with Crippen LogP contribution >= 0.6 is 0 Å². The smallest absolute Gasteiger partial charge is 0.320 e. The van der Waals surface area contributed by atoms with E-state index in [4.69, 9.17) is 5.26 Å². The number of rotatable bonds is 8. The third-order valence-electron chi connectivity index (χ3n) is 6.98. The summed E-state index contributed by atoms with van der Waals surface area (Å²) in [7, 11) is 1.92. The Morgan fingerprint density at radius 2 is 2.12 bits per heavy atom. The summed E-state index contributed by atoms with van der Waals surface area (Å²) in [6.45, 7) is 3.89. The summed E-state index contributed by atoms with van der Waals surface area (Å²) in [6.07, 6.45) is 11.9. The van der Waals surface area contributed by atoms with Gasteiger partial charge in [0, 0.05) is 75.1 Å². The summed E-state index contributed by atoms with van der Waals surface area (Å²) in [6, 6.07) is 5.09. The molecule has 0 bridgehead atoms.